The normalized spacial score (nSPS) is 10.3. The Morgan fingerprint density at radius 3 is 2.50 bits per heavy atom. The van der Waals surface area contributed by atoms with E-state index in [1.54, 1.807) is 0 Å². The highest BCUT2D eigenvalue weighted by molar-refractivity contribution is 5.97. The lowest BCUT2D eigenvalue weighted by atomic mass is 10.1. The smallest absolute Gasteiger partial charge is 0.188 e. The van der Waals surface area contributed by atoms with Crippen LogP contribution in [0.5, 0.6) is 0 Å². The Kier molecular flexibility index (Phi) is 6.37. The number of carbonyl (C=O) groups excluding carboxylic acids is 1. The van der Waals surface area contributed by atoms with Gasteiger partial charge < -0.3 is 4.74 Å². The minimum Gasteiger partial charge on any atom is -0.373 e. The predicted octanol–water partition coefficient (Wildman–Crippen LogP) is 3.80. The molecule has 0 amide bonds. The highest BCUT2D eigenvalue weighted by Gasteiger charge is 2.05. The number of hydrogen-bond donors (Lipinski definition) is 0. The zero-order chi connectivity index (χ0) is 13.4. The molecule has 0 saturated carbocycles. The SMILES string of the molecule is C=C(C)CCOCC(=O)c1ccc(CCC)cc1. The predicted molar refractivity (Wildman–Crippen MR) is 75.0 cm³/mol. The van der Waals surface area contributed by atoms with Crippen molar-refractivity contribution in [1.29, 1.82) is 0 Å². The molecule has 1 aromatic carbocycles. The molecule has 0 aliphatic rings. The number of carbonyl (C=O) groups is 1. The molecular weight excluding hydrogens is 224 g/mol. The van der Waals surface area contributed by atoms with Crippen LogP contribution in [-0.2, 0) is 11.2 Å². The van der Waals surface area contributed by atoms with E-state index >= 15 is 0 Å². The maximum atomic E-state index is 11.8. The number of hydrogen-bond acceptors (Lipinski definition) is 2. The maximum absolute atomic E-state index is 11.8. The largest absolute Gasteiger partial charge is 0.373 e. The average Bonchev–Trinajstić information content (AvgIpc) is 2.35. The molecule has 0 saturated heterocycles. The van der Waals surface area contributed by atoms with Crippen molar-refractivity contribution >= 4 is 5.78 Å². The fourth-order valence-electron chi connectivity index (χ4n) is 1.64. The summed E-state index contributed by atoms with van der Waals surface area (Å²) in [5, 5.41) is 0. The summed E-state index contributed by atoms with van der Waals surface area (Å²) in [7, 11) is 0. The van der Waals surface area contributed by atoms with Crippen molar-refractivity contribution in [2.45, 2.75) is 33.1 Å². The number of rotatable bonds is 8. The Labute approximate surface area is 110 Å². The van der Waals surface area contributed by atoms with Crippen LogP contribution >= 0.6 is 0 Å². The van der Waals surface area contributed by atoms with Crippen LogP contribution in [0.2, 0.25) is 0 Å². The van der Waals surface area contributed by atoms with E-state index in [0.29, 0.717) is 6.61 Å². The van der Waals surface area contributed by atoms with Crippen LogP contribution in [0.15, 0.2) is 36.4 Å². The Balaban J connectivity index is 2.39. The first kappa shape index (κ1) is 14.7. The fourth-order valence-corrected chi connectivity index (χ4v) is 1.64. The minimum atomic E-state index is 0.0414. The Morgan fingerprint density at radius 2 is 1.94 bits per heavy atom. The highest BCUT2D eigenvalue weighted by Crippen LogP contribution is 2.08. The molecule has 0 bridgehead atoms. The van der Waals surface area contributed by atoms with E-state index < -0.39 is 0 Å². The summed E-state index contributed by atoms with van der Waals surface area (Å²) in [4.78, 5) is 11.8. The van der Waals surface area contributed by atoms with Gasteiger partial charge in [0.15, 0.2) is 5.78 Å². The van der Waals surface area contributed by atoms with Crippen LogP contribution in [-0.4, -0.2) is 19.0 Å². The van der Waals surface area contributed by atoms with Gasteiger partial charge in [-0.2, -0.15) is 0 Å². The lowest BCUT2D eigenvalue weighted by molar-refractivity contribution is 0.0765. The summed E-state index contributed by atoms with van der Waals surface area (Å²) >= 11 is 0. The van der Waals surface area contributed by atoms with Gasteiger partial charge in [-0.3, -0.25) is 4.79 Å². The van der Waals surface area contributed by atoms with Crippen LogP contribution in [0.25, 0.3) is 0 Å². The van der Waals surface area contributed by atoms with Gasteiger partial charge in [0, 0.05) is 5.56 Å². The van der Waals surface area contributed by atoms with Gasteiger partial charge in [0.05, 0.1) is 6.61 Å². The number of ketones is 1. The molecule has 0 aliphatic heterocycles. The first-order chi connectivity index (χ1) is 8.63. The third kappa shape index (κ3) is 5.28. The molecular formula is C16H22O2. The van der Waals surface area contributed by atoms with E-state index in [-0.39, 0.29) is 12.4 Å². The summed E-state index contributed by atoms with van der Waals surface area (Å²) in [5.74, 6) is 0.0414. The molecule has 0 N–H and O–H groups in total. The van der Waals surface area contributed by atoms with E-state index in [1.165, 1.54) is 5.56 Å². The third-order valence-corrected chi connectivity index (χ3v) is 2.72. The number of benzene rings is 1. The molecule has 18 heavy (non-hydrogen) atoms. The van der Waals surface area contributed by atoms with Crippen molar-refractivity contribution in [3.63, 3.8) is 0 Å². The molecule has 98 valence electrons. The second-order valence-corrected chi connectivity index (χ2v) is 4.63. The third-order valence-electron chi connectivity index (χ3n) is 2.72. The Bertz CT molecular complexity index is 390. The zero-order valence-electron chi connectivity index (χ0n) is 11.4. The quantitative estimate of drug-likeness (QED) is 0.396. The summed E-state index contributed by atoms with van der Waals surface area (Å²) < 4.78 is 5.33. The standard InChI is InChI=1S/C16H22O2/c1-4-5-14-6-8-15(9-7-14)16(17)12-18-11-10-13(2)3/h6-9H,2,4-5,10-12H2,1,3H3. The van der Waals surface area contributed by atoms with Crippen LogP contribution in [0.1, 0.15) is 42.6 Å². The summed E-state index contributed by atoms with van der Waals surface area (Å²) in [6, 6.07) is 7.81. The molecule has 0 aromatic heterocycles. The molecule has 0 spiro atoms. The molecule has 0 unspecified atom stereocenters. The van der Waals surface area contributed by atoms with Gasteiger partial charge in [-0.25, -0.2) is 0 Å². The molecule has 1 rings (SSSR count). The molecule has 0 heterocycles. The summed E-state index contributed by atoms with van der Waals surface area (Å²) in [6.07, 6.45) is 2.99. The second kappa shape index (κ2) is 7.83. The minimum absolute atomic E-state index is 0.0414. The number of Topliss-reactive ketones (excluding diaryl/α,β-unsaturated/α-hetero) is 1. The van der Waals surface area contributed by atoms with E-state index in [2.05, 4.69) is 13.5 Å². The van der Waals surface area contributed by atoms with Crippen molar-refractivity contribution in [2.75, 3.05) is 13.2 Å². The van der Waals surface area contributed by atoms with Gasteiger partial charge in [0.1, 0.15) is 6.61 Å². The van der Waals surface area contributed by atoms with Crippen LogP contribution < -0.4 is 0 Å². The number of aryl methyl sites for hydroxylation is 1. The summed E-state index contributed by atoms with van der Waals surface area (Å²) in [6.45, 7) is 8.61. The lowest BCUT2D eigenvalue weighted by Gasteiger charge is -2.05. The molecule has 2 heteroatoms. The molecule has 0 fully saturated rings. The maximum Gasteiger partial charge on any atom is 0.188 e. The Morgan fingerprint density at radius 1 is 1.28 bits per heavy atom. The van der Waals surface area contributed by atoms with Crippen molar-refractivity contribution in [3.05, 3.63) is 47.5 Å². The van der Waals surface area contributed by atoms with Crippen molar-refractivity contribution in [1.82, 2.24) is 0 Å². The van der Waals surface area contributed by atoms with Crippen molar-refractivity contribution in [3.8, 4) is 0 Å². The molecule has 1 aromatic rings. The first-order valence-electron chi connectivity index (χ1n) is 6.47. The molecule has 0 radical (unpaired) electrons. The van der Waals surface area contributed by atoms with Crippen molar-refractivity contribution < 1.29 is 9.53 Å². The molecule has 0 aliphatic carbocycles. The topological polar surface area (TPSA) is 26.3 Å². The van der Waals surface area contributed by atoms with Gasteiger partial charge in [-0.1, -0.05) is 43.2 Å². The second-order valence-electron chi connectivity index (χ2n) is 4.63. The lowest BCUT2D eigenvalue weighted by Crippen LogP contribution is -2.10. The van der Waals surface area contributed by atoms with Gasteiger partial charge in [-0.15, -0.1) is 6.58 Å². The van der Waals surface area contributed by atoms with E-state index in [1.807, 2.05) is 31.2 Å². The summed E-state index contributed by atoms with van der Waals surface area (Å²) in [5.41, 5.74) is 3.08. The van der Waals surface area contributed by atoms with E-state index in [9.17, 15) is 4.79 Å². The molecule has 2 nitrogen and oxygen atoms in total. The first-order valence-corrected chi connectivity index (χ1v) is 6.47. The van der Waals surface area contributed by atoms with Gasteiger partial charge in [-0.05, 0) is 25.3 Å². The average molecular weight is 246 g/mol. The van der Waals surface area contributed by atoms with E-state index in [4.69, 9.17) is 4.74 Å². The monoisotopic (exact) mass is 246 g/mol. The molecule has 0 atom stereocenters. The van der Waals surface area contributed by atoms with Gasteiger partial charge in [0.2, 0.25) is 0 Å². The van der Waals surface area contributed by atoms with Crippen LogP contribution in [0.3, 0.4) is 0 Å². The van der Waals surface area contributed by atoms with Gasteiger partial charge >= 0.3 is 0 Å². The fraction of sp³-hybridized carbons (Fsp3) is 0.438. The zero-order valence-corrected chi connectivity index (χ0v) is 11.4. The van der Waals surface area contributed by atoms with Crippen molar-refractivity contribution in [2.24, 2.45) is 0 Å². The Hall–Kier alpha value is -1.41. The van der Waals surface area contributed by atoms with E-state index in [0.717, 1.165) is 30.4 Å². The van der Waals surface area contributed by atoms with Crippen LogP contribution in [0.4, 0.5) is 0 Å². The highest BCUT2D eigenvalue weighted by atomic mass is 16.5. The number of ether oxygens (including phenoxy) is 1. The van der Waals surface area contributed by atoms with Gasteiger partial charge in [0.25, 0.3) is 0 Å². The van der Waals surface area contributed by atoms with Crippen LogP contribution in [0, 0.1) is 0 Å².